The maximum atomic E-state index is 12.6. The Balaban J connectivity index is 1.66. The molecule has 1 heterocycles. The molecule has 2 atom stereocenters. The van der Waals surface area contributed by atoms with Crippen LogP contribution in [0.2, 0.25) is 5.02 Å². The van der Waals surface area contributed by atoms with Crippen molar-refractivity contribution in [1.82, 2.24) is 16.0 Å². The number of guanidine groups is 1. The van der Waals surface area contributed by atoms with Crippen LogP contribution in [0.15, 0.2) is 35.3 Å². The van der Waals surface area contributed by atoms with Gasteiger partial charge in [0.15, 0.2) is 5.96 Å². The number of hydrogen-bond donors (Lipinski definition) is 8. The standard InChI is InChI=1S/C22H23ClIN5O7/c23-11-3-15(20(35)16(24)4-11)17(6-19(33)34)29-18(32)9-25-21(36)10-1-12(5-13(30)2-10)28-22-26-7-14(31)8-27-22/h1-5,14,17,30-31,35H,6-9H2,(H,25,36)(H,29,32)(H,33,34)(H2,26,27,28). The Morgan fingerprint density at radius 2 is 1.94 bits per heavy atom. The normalized spacial score (nSPS) is 15.8. The number of benzene rings is 2. The molecule has 1 aliphatic rings. The third kappa shape index (κ3) is 7.60. The number of carboxylic acid groups (broad SMARTS) is 1. The molecule has 12 nitrogen and oxygen atoms in total. The highest BCUT2D eigenvalue weighted by Gasteiger charge is 2.23. The number of hydrogen-bond acceptors (Lipinski definition) is 9. The Morgan fingerprint density at radius 3 is 2.61 bits per heavy atom. The molecule has 1 unspecified atom stereocenters. The second-order valence-corrected chi connectivity index (χ2v) is 9.44. The molecule has 192 valence electrons. The second kappa shape index (κ2) is 12.1. The lowest BCUT2D eigenvalue weighted by atomic mass is 10.0. The van der Waals surface area contributed by atoms with Gasteiger partial charge >= 0.3 is 5.97 Å². The molecule has 14 heteroatoms. The van der Waals surface area contributed by atoms with Crippen LogP contribution in [0.4, 0.5) is 5.69 Å². The first kappa shape index (κ1) is 27.3. The lowest BCUT2D eigenvalue weighted by Crippen LogP contribution is -2.42. The van der Waals surface area contributed by atoms with Gasteiger partial charge in [0.1, 0.15) is 11.5 Å². The van der Waals surface area contributed by atoms with E-state index in [1.54, 1.807) is 0 Å². The van der Waals surface area contributed by atoms with Crippen molar-refractivity contribution in [2.75, 3.05) is 25.0 Å². The number of phenols is 2. The molecule has 0 fully saturated rings. The zero-order valence-electron chi connectivity index (χ0n) is 18.6. The number of carbonyl (C=O) groups is 3. The highest BCUT2D eigenvalue weighted by Crippen LogP contribution is 2.34. The number of nitrogens with zero attached hydrogens (tertiary/aromatic N) is 1. The van der Waals surface area contributed by atoms with Gasteiger partial charge in [-0.2, -0.15) is 0 Å². The number of nitrogens with one attached hydrogen (secondary N) is 4. The highest BCUT2D eigenvalue weighted by atomic mass is 127. The van der Waals surface area contributed by atoms with Crippen molar-refractivity contribution in [2.24, 2.45) is 4.99 Å². The van der Waals surface area contributed by atoms with Gasteiger partial charge in [0.2, 0.25) is 5.91 Å². The summed E-state index contributed by atoms with van der Waals surface area (Å²) in [6.07, 6.45) is -1.13. The fourth-order valence-corrected chi connectivity index (χ4v) is 4.40. The van der Waals surface area contributed by atoms with Gasteiger partial charge in [-0.25, -0.2) is 0 Å². The Morgan fingerprint density at radius 1 is 1.19 bits per heavy atom. The highest BCUT2D eigenvalue weighted by molar-refractivity contribution is 14.1. The number of carboxylic acids is 1. The zero-order chi connectivity index (χ0) is 26.4. The van der Waals surface area contributed by atoms with Gasteiger partial charge in [-0.3, -0.25) is 19.4 Å². The van der Waals surface area contributed by atoms with Crippen LogP contribution in [0.25, 0.3) is 0 Å². The number of aliphatic hydroxyl groups is 1. The van der Waals surface area contributed by atoms with Gasteiger partial charge in [0.05, 0.1) is 35.2 Å². The summed E-state index contributed by atoms with van der Waals surface area (Å²) in [5, 5.41) is 50.0. The molecule has 36 heavy (non-hydrogen) atoms. The number of aliphatic carboxylic acids is 1. The van der Waals surface area contributed by atoms with E-state index in [1.807, 2.05) is 22.6 Å². The van der Waals surface area contributed by atoms with Crippen molar-refractivity contribution in [1.29, 1.82) is 0 Å². The van der Waals surface area contributed by atoms with E-state index in [0.29, 0.717) is 21.8 Å². The van der Waals surface area contributed by atoms with Gasteiger partial charge in [0, 0.05) is 34.4 Å². The summed E-state index contributed by atoms with van der Waals surface area (Å²) in [7, 11) is 0. The number of phenolic OH excluding ortho intramolecular Hbond substituents is 2. The molecule has 1 aliphatic heterocycles. The minimum Gasteiger partial charge on any atom is -0.508 e. The van der Waals surface area contributed by atoms with Crippen LogP contribution in [-0.4, -0.2) is 69.9 Å². The molecule has 2 aromatic carbocycles. The molecule has 8 N–H and O–H groups in total. The average Bonchev–Trinajstić information content (AvgIpc) is 2.80. The maximum Gasteiger partial charge on any atom is 0.305 e. The first-order valence-corrected chi connectivity index (χ1v) is 12.0. The predicted molar refractivity (Wildman–Crippen MR) is 139 cm³/mol. The lowest BCUT2D eigenvalue weighted by Gasteiger charge is -2.20. The van der Waals surface area contributed by atoms with Gasteiger partial charge < -0.3 is 41.7 Å². The number of amides is 2. The molecular formula is C22H23ClIN5O7. The Labute approximate surface area is 223 Å². The molecule has 0 saturated heterocycles. The Hall–Kier alpha value is -3.30. The molecule has 0 radical (unpaired) electrons. The van der Waals surface area contributed by atoms with Gasteiger partial charge in [-0.05, 0) is 46.9 Å². The zero-order valence-corrected chi connectivity index (χ0v) is 21.5. The number of carbonyl (C=O) groups excluding carboxylic acids is 2. The third-order valence-electron chi connectivity index (χ3n) is 4.96. The summed E-state index contributed by atoms with van der Waals surface area (Å²) in [5.74, 6) is -2.65. The number of rotatable bonds is 8. The van der Waals surface area contributed by atoms with E-state index in [2.05, 4.69) is 26.3 Å². The number of aliphatic hydroxyl groups excluding tert-OH is 1. The topological polar surface area (TPSA) is 193 Å². The summed E-state index contributed by atoms with van der Waals surface area (Å²) < 4.78 is 0.381. The number of β-amino-alcohol motifs (C(OH)–C–C–N with tert-alkyl or cyclic N) is 1. The molecule has 0 bridgehead atoms. The van der Waals surface area contributed by atoms with Gasteiger partial charge in [-0.1, -0.05) is 11.6 Å². The predicted octanol–water partition coefficient (Wildman–Crippen LogP) is 1.15. The van der Waals surface area contributed by atoms with Crippen molar-refractivity contribution < 1.29 is 34.8 Å². The summed E-state index contributed by atoms with van der Waals surface area (Å²) in [5.41, 5.74) is 0.523. The summed E-state index contributed by atoms with van der Waals surface area (Å²) in [6, 6.07) is 5.75. The van der Waals surface area contributed by atoms with Crippen LogP contribution in [-0.2, 0) is 9.59 Å². The number of aromatic hydroxyl groups is 2. The van der Waals surface area contributed by atoms with E-state index in [4.69, 9.17) is 11.6 Å². The largest absolute Gasteiger partial charge is 0.508 e. The van der Waals surface area contributed by atoms with Crippen LogP contribution < -0.4 is 21.3 Å². The van der Waals surface area contributed by atoms with Gasteiger partial charge in [-0.15, -0.1) is 0 Å². The molecule has 0 aromatic heterocycles. The molecule has 2 aromatic rings. The minimum atomic E-state index is -1.22. The second-order valence-electron chi connectivity index (χ2n) is 7.84. The van der Waals surface area contributed by atoms with Crippen molar-refractivity contribution in [3.05, 3.63) is 50.1 Å². The molecule has 0 aliphatic carbocycles. The maximum absolute atomic E-state index is 12.6. The molecule has 0 spiro atoms. The summed E-state index contributed by atoms with van der Waals surface area (Å²) in [4.78, 5) is 40.5. The van der Waals surface area contributed by atoms with E-state index >= 15 is 0 Å². The first-order chi connectivity index (χ1) is 17.0. The monoisotopic (exact) mass is 631 g/mol. The molecule has 3 rings (SSSR count). The Kier molecular flexibility index (Phi) is 9.17. The number of halogens is 2. The van der Waals surface area contributed by atoms with E-state index < -0.39 is 42.9 Å². The van der Waals surface area contributed by atoms with Crippen LogP contribution in [0, 0.1) is 3.57 Å². The summed E-state index contributed by atoms with van der Waals surface area (Å²) in [6.45, 7) is -0.00832. The Bertz CT molecular complexity index is 1210. The van der Waals surface area contributed by atoms with Crippen LogP contribution >= 0.6 is 34.2 Å². The fourth-order valence-electron chi connectivity index (χ4n) is 3.34. The SMILES string of the molecule is O=C(O)CC(NC(=O)CNC(=O)c1cc(O)cc(NC2=NC[C@H](O)CN2)c1)c1cc(Cl)cc(I)c1O. The van der Waals surface area contributed by atoms with E-state index in [-0.39, 0.29) is 34.2 Å². The minimum absolute atomic E-state index is 0.0471. The average molecular weight is 632 g/mol. The van der Waals surface area contributed by atoms with Crippen molar-refractivity contribution in [3.8, 4) is 11.5 Å². The fraction of sp³-hybridized carbons (Fsp3) is 0.273. The van der Waals surface area contributed by atoms with Crippen molar-refractivity contribution in [2.45, 2.75) is 18.6 Å². The van der Waals surface area contributed by atoms with Crippen LogP contribution in [0.3, 0.4) is 0 Å². The van der Waals surface area contributed by atoms with Gasteiger partial charge in [0.25, 0.3) is 5.91 Å². The molecular weight excluding hydrogens is 609 g/mol. The lowest BCUT2D eigenvalue weighted by molar-refractivity contribution is -0.137. The van der Waals surface area contributed by atoms with Crippen LogP contribution in [0.1, 0.15) is 28.4 Å². The van der Waals surface area contributed by atoms with E-state index in [0.717, 1.165) is 0 Å². The number of anilines is 1. The van der Waals surface area contributed by atoms with Crippen molar-refractivity contribution in [3.63, 3.8) is 0 Å². The first-order valence-electron chi connectivity index (χ1n) is 10.6. The third-order valence-corrected chi connectivity index (χ3v) is 6.01. The molecule has 0 saturated carbocycles. The van der Waals surface area contributed by atoms with E-state index in [9.17, 15) is 34.8 Å². The smallest absolute Gasteiger partial charge is 0.305 e. The van der Waals surface area contributed by atoms with Crippen LogP contribution in [0.5, 0.6) is 11.5 Å². The van der Waals surface area contributed by atoms with E-state index in [1.165, 1.54) is 30.3 Å². The van der Waals surface area contributed by atoms with Crippen molar-refractivity contribution >= 4 is 63.6 Å². The number of aliphatic imine (C=N–C) groups is 1. The quantitative estimate of drug-likeness (QED) is 0.197. The molecule has 2 amide bonds. The summed E-state index contributed by atoms with van der Waals surface area (Å²) >= 11 is 7.85.